The zero-order valence-electron chi connectivity index (χ0n) is 24.0. The Morgan fingerprint density at radius 3 is 2.57 bits per heavy atom. The van der Waals surface area contributed by atoms with Crippen LogP contribution in [0.3, 0.4) is 0 Å². The lowest BCUT2D eigenvalue weighted by Gasteiger charge is -2.58. The van der Waals surface area contributed by atoms with Crippen LogP contribution in [0.4, 0.5) is 0 Å². The zero-order valence-corrected chi connectivity index (χ0v) is 24.0. The zero-order chi connectivity index (χ0) is 25.6. The normalized spacial score (nSPS) is 40.7. The van der Waals surface area contributed by atoms with Gasteiger partial charge in [0, 0.05) is 12.0 Å². The van der Waals surface area contributed by atoms with Gasteiger partial charge in [0.1, 0.15) is 0 Å². The minimum atomic E-state index is -0.291. The number of amides is 1. The number of nitrogens with one attached hydrogen (secondary N) is 1. The van der Waals surface area contributed by atoms with Gasteiger partial charge in [-0.15, -0.1) is 0 Å². The highest BCUT2D eigenvalue weighted by Crippen LogP contribution is 2.67. The van der Waals surface area contributed by atoms with Gasteiger partial charge in [-0.3, -0.25) is 4.79 Å². The number of carbonyl (C=O) groups is 1. The molecule has 0 aliphatic heterocycles. The third-order valence-electron chi connectivity index (χ3n) is 12.3. The molecule has 2 N–H and O–H groups in total. The number of fused-ring (bicyclic) bond motifs is 5. The van der Waals surface area contributed by atoms with Gasteiger partial charge in [0.25, 0.3) is 0 Å². The van der Waals surface area contributed by atoms with E-state index in [9.17, 15) is 9.90 Å². The van der Waals surface area contributed by atoms with Crippen LogP contribution in [0.1, 0.15) is 119 Å². The first-order chi connectivity index (χ1) is 16.4. The second kappa shape index (κ2) is 10.1. The topological polar surface area (TPSA) is 49.3 Å². The number of hydrogen-bond donors (Lipinski definition) is 2. The molecule has 0 bridgehead atoms. The van der Waals surface area contributed by atoms with Gasteiger partial charge in [-0.25, -0.2) is 0 Å². The van der Waals surface area contributed by atoms with Crippen molar-refractivity contribution in [2.75, 3.05) is 6.54 Å². The van der Waals surface area contributed by atoms with Crippen LogP contribution in [-0.4, -0.2) is 23.7 Å². The molecule has 1 amide bonds. The van der Waals surface area contributed by atoms with E-state index in [0.29, 0.717) is 23.3 Å². The average molecular weight is 486 g/mol. The van der Waals surface area contributed by atoms with Crippen molar-refractivity contribution in [3.8, 4) is 0 Å². The first kappa shape index (κ1) is 27.2. The van der Waals surface area contributed by atoms with Crippen LogP contribution in [0.15, 0.2) is 11.6 Å². The van der Waals surface area contributed by atoms with Crippen molar-refractivity contribution < 1.29 is 9.90 Å². The smallest absolute Gasteiger partial charge is 0.225 e. The summed E-state index contributed by atoms with van der Waals surface area (Å²) in [6.07, 6.45) is 16.2. The van der Waals surface area contributed by atoms with Crippen LogP contribution in [0, 0.1) is 51.8 Å². The Balaban J connectivity index is 1.37. The largest absolute Gasteiger partial charge is 0.393 e. The fourth-order valence-corrected chi connectivity index (χ4v) is 9.54. The molecule has 0 spiro atoms. The Morgan fingerprint density at radius 2 is 1.86 bits per heavy atom. The summed E-state index contributed by atoms with van der Waals surface area (Å²) in [5, 5.41) is 13.3. The second-order valence-corrected chi connectivity index (χ2v) is 14.3. The number of allylic oxidation sites excluding steroid dienone is 1. The Bertz CT molecular complexity index is 801. The van der Waals surface area contributed by atoms with E-state index in [1.54, 1.807) is 5.57 Å². The van der Waals surface area contributed by atoms with Gasteiger partial charge >= 0.3 is 0 Å². The maximum atomic E-state index is 12.5. The molecule has 4 rings (SSSR count). The summed E-state index contributed by atoms with van der Waals surface area (Å²) in [5.41, 5.74) is 2.15. The molecule has 3 nitrogen and oxygen atoms in total. The number of aliphatic hydroxyl groups is 1. The minimum Gasteiger partial charge on any atom is -0.393 e. The predicted molar refractivity (Wildman–Crippen MR) is 146 cm³/mol. The molecule has 200 valence electrons. The molecule has 3 saturated carbocycles. The molecule has 0 radical (unpaired) electrons. The van der Waals surface area contributed by atoms with E-state index in [0.717, 1.165) is 48.9 Å². The van der Waals surface area contributed by atoms with Gasteiger partial charge in [-0.2, -0.15) is 0 Å². The van der Waals surface area contributed by atoms with Crippen LogP contribution >= 0.6 is 0 Å². The van der Waals surface area contributed by atoms with Gasteiger partial charge in [-0.1, -0.05) is 66.0 Å². The van der Waals surface area contributed by atoms with Gasteiger partial charge in [0.15, 0.2) is 0 Å². The Labute approximate surface area is 216 Å². The highest BCUT2D eigenvalue weighted by atomic mass is 16.3. The molecule has 0 aromatic heterocycles. The van der Waals surface area contributed by atoms with Crippen LogP contribution in [0.5, 0.6) is 0 Å². The lowest BCUT2D eigenvalue weighted by atomic mass is 9.47. The van der Waals surface area contributed by atoms with Crippen molar-refractivity contribution in [1.82, 2.24) is 5.32 Å². The molecule has 0 aromatic carbocycles. The van der Waals surface area contributed by atoms with Gasteiger partial charge in [-0.05, 0) is 111 Å². The average Bonchev–Trinajstić information content (AvgIpc) is 3.16. The summed E-state index contributed by atoms with van der Waals surface area (Å²) in [5.74, 6) is 4.80. The van der Waals surface area contributed by atoms with Crippen molar-refractivity contribution in [3.05, 3.63) is 11.6 Å². The summed E-state index contributed by atoms with van der Waals surface area (Å²) >= 11 is 0. The molecule has 0 heterocycles. The molecule has 35 heavy (non-hydrogen) atoms. The number of aliphatic hydroxyl groups excluding tert-OH is 1. The van der Waals surface area contributed by atoms with Crippen molar-refractivity contribution in [2.24, 2.45) is 51.8 Å². The van der Waals surface area contributed by atoms with Crippen LogP contribution in [-0.2, 0) is 4.79 Å². The third kappa shape index (κ3) is 4.77. The summed E-state index contributed by atoms with van der Waals surface area (Å²) in [4.78, 5) is 12.5. The van der Waals surface area contributed by atoms with Crippen LogP contribution in [0.2, 0.25) is 0 Å². The van der Waals surface area contributed by atoms with E-state index in [1.807, 2.05) is 6.92 Å². The van der Waals surface area contributed by atoms with Crippen molar-refractivity contribution in [3.63, 3.8) is 0 Å². The quantitative estimate of drug-likeness (QED) is 0.349. The monoisotopic (exact) mass is 485 g/mol. The SMILES string of the molecule is CCNC(=O)C(C)(C)C(C)CCCC(C)[C@H]1CC[C@H]2[C@@H]3CC=C4C[C@@H](O)CC[C@]4(C)[C@H]3CC[C@]12C. The summed E-state index contributed by atoms with van der Waals surface area (Å²) < 4.78 is 0. The Hall–Kier alpha value is -0.830. The second-order valence-electron chi connectivity index (χ2n) is 14.3. The summed E-state index contributed by atoms with van der Waals surface area (Å²) in [6.45, 7) is 17.0. The van der Waals surface area contributed by atoms with Gasteiger partial charge in [0.05, 0.1) is 6.10 Å². The van der Waals surface area contributed by atoms with Crippen molar-refractivity contribution >= 4 is 5.91 Å². The summed E-state index contributed by atoms with van der Waals surface area (Å²) in [7, 11) is 0. The number of carbonyl (C=O) groups excluding carboxylic acids is 1. The van der Waals surface area contributed by atoms with E-state index in [1.165, 1.54) is 51.4 Å². The van der Waals surface area contributed by atoms with Crippen LogP contribution in [0.25, 0.3) is 0 Å². The lowest BCUT2D eigenvalue weighted by Crippen LogP contribution is -2.50. The fourth-order valence-electron chi connectivity index (χ4n) is 9.54. The standard InChI is InChI=1S/C32H55NO2/c1-8-33-29(35)30(4,5)22(3)11-9-10-21(2)26-14-15-27-25-13-12-23-20-24(34)16-18-31(23,6)28(25)17-19-32(26,27)7/h12,21-22,24-28,34H,8-11,13-20H2,1-7H3,(H,33,35)/t21?,22?,24-,25-,26+,27-,28-,31-,32+/m0/s1. The van der Waals surface area contributed by atoms with Crippen molar-refractivity contribution in [1.29, 1.82) is 0 Å². The molecule has 9 atom stereocenters. The molecule has 3 fully saturated rings. The molecular weight excluding hydrogens is 430 g/mol. The first-order valence-electron chi connectivity index (χ1n) is 15.1. The Morgan fingerprint density at radius 1 is 1.11 bits per heavy atom. The van der Waals surface area contributed by atoms with E-state index in [2.05, 4.69) is 52.9 Å². The van der Waals surface area contributed by atoms with E-state index < -0.39 is 0 Å². The number of hydrogen-bond acceptors (Lipinski definition) is 2. The minimum absolute atomic E-state index is 0.106. The molecule has 0 saturated heterocycles. The van der Waals surface area contributed by atoms with Crippen molar-refractivity contribution in [2.45, 2.75) is 125 Å². The number of rotatable bonds is 8. The molecule has 4 aliphatic carbocycles. The maximum absolute atomic E-state index is 12.5. The maximum Gasteiger partial charge on any atom is 0.225 e. The fraction of sp³-hybridized carbons (Fsp3) is 0.906. The highest BCUT2D eigenvalue weighted by molar-refractivity contribution is 5.82. The lowest BCUT2D eigenvalue weighted by molar-refractivity contribution is -0.131. The molecule has 0 aromatic rings. The Kier molecular flexibility index (Phi) is 7.89. The highest BCUT2D eigenvalue weighted by Gasteiger charge is 2.59. The molecule has 4 aliphatic rings. The van der Waals surface area contributed by atoms with E-state index >= 15 is 0 Å². The van der Waals surface area contributed by atoms with Gasteiger partial charge in [0.2, 0.25) is 5.91 Å². The molecule has 3 heteroatoms. The molecular formula is C32H55NO2. The van der Waals surface area contributed by atoms with E-state index in [-0.39, 0.29) is 17.4 Å². The summed E-state index contributed by atoms with van der Waals surface area (Å²) in [6, 6.07) is 0. The van der Waals surface area contributed by atoms with Gasteiger partial charge < -0.3 is 10.4 Å². The molecule has 2 unspecified atom stereocenters. The van der Waals surface area contributed by atoms with Crippen LogP contribution < -0.4 is 5.32 Å². The predicted octanol–water partition coefficient (Wildman–Crippen LogP) is 7.53. The first-order valence-corrected chi connectivity index (χ1v) is 15.1. The van der Waals surface area contributed by atoms with E-state index in [4.69, 9.17) is 0 Å². The third-order valence-corrected chi connectivity index (χ3v) is 12.3.